The molecule has 0 amide bonds. The van der Waals surface area contributed by atoms with Crippen LogP contribution in [0.25, 0.3) is 5.57 Å². The largest absolute Gasteiger partial charge is 0.468 e. The SMILES string of the molecule is CNC1=C(c2cccc(C(F)(F)F)c2)C(=O)C(c2ccccc2)O1.COC(=O)CSc1cc(/N=c2\sc(=O)n3n2CCCC3)c(F)cc1Cl. The van der Waals surface area contributed by atoms with Crippen molar-refractivity contribution in [1.29, 1.82) is 0 Å². The molecule has 258 valence electrons. The summed E-state index contributed by atoms with van der Waals surface area (Å²) in [6, 6.07) is 16.2. The zero-order chi connectivity index (χ0) is 35.3. The zero-order valence-corrected chi connectivity index (χ0v) is 28.4. The van der Waals surface area contributed by atoms with Gasteiger partial charge in [-0.3, -0.25) is 19.1 Å². The molecule has 0 spiro atoms. The number of nitrogens with zero attached hydrogens (tertiary/aromatic N) is 3. The highest BCUT2D eigenvalue weighted by atomic mass is 35.5. The van der Waals surface area contributed by atoms with E-state index in [1.54, 1.807) is 40.7 Å². The van der Waals surface area contributed by atoms with Crippen LogP contribution in [0.4, 0.5) is 23.2 Å². The molecule has 1 aromatic heterocycles. The van der Waals surface area contributed by atoms with Crippen LogP contribution in [0, 0.1) is 5.82 Å². The van der Waals surface area contributed by atoms with Crippen LogP contribution in [0.2, 0.25) is 5.02 Å². The van der Waals surface area contributed by atoms with E-state index in [0.717, 1.165) is 54.1 Å². The molecule has 2 aliphatic rings. The molecule has 0 fully saturated rings. The lowest BCUT2D eigenvalue weighted by Crippen LogP contribution is -2.31. The smallest absolute Gasteiger partial charge is 0.416 e. The monoisotopic (exact) mass is 736 g/mol. The molecular weight excluding hydrogens is 708 g/mol. The number of nitrogens with one attached hydrogen (secondary N) is 1. The molecule has 1 atom stereocenters. The van der Waals surface area contributed by atoms with Gasteiger partial charge in [-0.25, -0.2) is 14.1 Å². The highest BCUT2D eigenvalue weighted by Crippen LogP contribution is 2.39. The minimum absolute atomic E-state index is 0.0605. The summed E-state index contributed by atoms with van der Waals surface area (Å²) >= 11 is 8.17. The Morgan fingerprint density at radius 2 is 1.80 bits per heavy atom. The highest BCUT2D eigenvalue weighted by molar-refractivity contribution is 8.00. The third kappa shape index (κ3) is 8.28. The Hall–Kier alpha value is -4.34. The summed E-state index contributed by atoms with van der Waals surface area (Å²) in [7, 11) is 2.86. The number of methoxy groups -OCH3 is 1. The molecular formula is C33H29ClF4N4O5S2. The van der Waals surface area contributed by atoms with Gasteiger partial charge in [0.2, 0.25) is 10.6 Å². The molecule has 1 N–H and O–H groups in total. The molecule has 6 rings (SSSR count). The Balaban J connectivity index is 0.000000191. The van der Waals surface area contributed by atoms with Crippen molar-refractivity contribution in [1.82, 2.24) is 14.7 Å². The number of hydrogen-bond donors (Lipinski definition) is 1. The molecule has 0 saturated carbocycles. The fourth-order valence-corrected chi connectivity index (χ4v) is 7.05. The average Bonchev–Trinajstić information content (AvgIpc) is 3.61. The first-order valence-electron chi connectivity index (χ1n) is 14.8. The quantitative estimate of drug-likeness (QED) is 0.128. The van der Waals surface area contributed by atoms with Gasteiger partial charge in [0.1, 0.15) is 11.5 Å². The summed E-state index contributed by atoms with van der Waals surface area (Å²) in [6.07, 6.45) is -3.44. The number of thioether (sulfide) groups is 1. The van der Waals surface area contributed by atoms with E-state index in [4.69, 9.17) is 16.3 Å². The first kappa shape index (κ1) is 36.0. The molecule has 9 nitrogen and oxygen atoms in total. The second-order valence-corrected chi connectivity index (χ2v) is 13.0. The minimum Gasteiger partial charge on any atom is -0.468 e. The van der Waals surface area contributed by atoms with Crippen molar-refractivity contribution in [3.8, 4) is 0 Å². The predicted octanol–water partition coefficient (Wildman–Crippen LogP) is 6.73. The van der Waals surface area contributed by atoms with Crippen molar-refractivity contribution in [3.05, 3.63) is 115 Å². The fourth-order valence-electron chi connectivity index (χ4n) is 5.06. The number of fused-ring (bicyclic) bond motifs is 1. The normalized spacial score (nSPS) is 16.1. The van der Waals surface area contributed by atoms with Gasteiger partial charge >= 0.3 is 17.0 Å². The molecule has 0 bridgehead atoms. The number of aromatic nitrogens is 2. The van der Waals surface area contributed by atoms with Gasteiger partial charge in [0.25, 0.3) is 0 Å². The van der Waals surface area contributed by atoms with Crippen LogP contribution in [-0.4, -0.2) is 41.0 Å². The molecule has 16 heteroatoms. The van der Waals surface area contributed by atoms with Crippen molar-refractivity contribution in [2.45, 2.75) is 43.1 Å². The van der Waals surface area contributed by atoms with Gasteiger partial charge in [0, 0.05) is 30.6 Å². The highest BCUT2D eigenvalue weighted by Gasteiger charge is 2.38. The van der Waals surface area contributed by atoms with Crippen molar-refractivity contribution >= 4 is 57.7 Å². The average molecular weight is 737 g/mol. The number of alkyl halides is 3. The summed E-state index contributed by atoms with van der Waals surface area (Å²) in [6.45, 7) is 1.32. The molecule has 0 aliphatic carbocycles. The maximum atomic E-state index is 14.3. The molecule has 4 aromatic rings. The second kappa shape index (κ2) is 15.5. The number of Topliss-reactive ketones (excluding diaryl/α,β-unsaturated/α-hetero) is 1. The van der Waals surface area contributed by atoms with Gasteiger partial charge in [-0.1, -0.05) is 54.1 Å². The number of ether oxygens (including phenoxy) is 2. The molecule has 2 aliphatic heterocycles. The van der Waals surface area contributed by atoms with Crippen molar-refractivity contribution in [2.75, 3.05) is 19.9 Å². The van der Waals surface area contributed by atoms with Crippen LogP contribution in [0.1, 0.15) is 35.6 Å². The number of carbonyl (C=O) groups is 2. The van der Waals surface area contributed by atoms with Crippen LogP contribution in [-0.2, 0) is 38.3 Å². The van der Waals surface area contributed by atoms with E-state index in [1.165, 1.54) is 25.3 Å². The molecule has 49 heavy (non-hydrogen) atoms. The lowest BCUT2D eigenvalue weighted by Gasteiger charge is -2.15. The summed E-state index contributed by atoms with van der Waals surface area (Å²) in [5.74, 6) is -1.12. The van der Waals surface area contributed by atoms with E-state index in [2.05, 4.69) is 15.0 Å². The summed E-state index contributed by atoms with van der Waals surface area (Å²) in [5.41, 5.74) is 0.227. The van der Waals surface area contributed by atoms with Gasteiger partial charge in [0.05, 0.1) is 29.0 Å². The van der Waals surface area contributed by atoms with E-state index in [9.17, 15) is 31.9 Å². The van der Waals surface area contributed by atoms with Crippen molar-refractivity contribution < 1.29 is 36.6 Å². The van der Waals surface area contributed by atoms with Gasteiger partial charge < -0.3 is 14.8 Å². The molecule has 3 heterocycles. The number of esters is 1. The van der Waals surface area contributed by atoms with Crippen LogP contribution < -0.4 is 15.0 Å². The molecule has 3 aromatic carbocycles. The van der Waals surface area contributed by atoms with Crippen LogP contribution in [0.3, 0.4) is 0 Å². The molecule has 0 radical (unpaired) electrons. The lowest BCUT2D eigenvalue weighted by molar-refractivity contribution is -0.138. The summed E-state index contributed by atoms with van der Waals surface area (Å²) in [5, 5.41) is 2.96. The zero-order valence-electron chi connectivity index (χ0n) is 26.1. The first-order chi connectivity index (χ1) is 23.4. The Labute approximate surface area is 290 Å². The maximum absolute atomic E-state index is 14.3. The van der Waals surface area contributed by atoms with Crippen molar-refractivity contribution in [2.24, 2.45) is 4.99 Å². The van der Waals surface area contributed by atoms with Crippen molar-refractivity contribution in [3.63, 3.8) is 0 Å². The second-order valence-electron chi connectivity index (χ2n) is 10.6. The standard InChI is InChI=1S/C18H14F3NO2.C15H15ClFN3O3S2/c1-22-17-14(12-8-5-9-13(10-12)18(19,20)21)15(23)16(24-17)11-6-3-2-4-7-11;1-23-13(21)8-24-12-7-11(10(17)6-9(12)16)18-14-19-4-2-3-5-20(19)15(22)25-14/h2-10,16,22H,1H3;6-7H,2-5,8H2,1H3/b;18-14-. The summed E-state index contributed by atoms with van der Waals surface area (Å²) < 4.78 is 66.7. The van der Waals surface area contributed by atoms with Crippen LogP contribution in [0.15, 0.2) is 87.3 Å². The van der Waals surface area contributed by atoms with E-state index >= 15 is 0 Å². The predicted molar refractivity (Wildman–Crippen MR) is 178 cm³/mol. The Kier molecular flexibility index (Phi) is 11.4. The molecule has 0 saturated heterocycles. The Bertz CT molecular complexity index is 2030. The van der Waals surface area contributed by atoms with E-state index in [0.29, 0.717) is 28.3 Å². The lowest BCUT2D eigenvalue weighted by atomic mass is 9.96. The van der Waals surface area contributed by atoms with Gasteiger partial charge in [-0.05, 0) is 54.0 Å². The first-order valence-corrected chi connectivity index (χ1v) is 17.0. The number of benzene rings is 3. The Morgan fingerprint density at radius 3 is 2.47 bits per heavy atom. The van der Waals surface area contributed by atoms with Crippen LogP contribution >= 0.6 is 34.7 Å². The number of halogens is 5. The number of hydrogen-bond acceptors (Lipinski definition) is 9. The number of carbonyl (C=O) groups excluding carboxylic acids is 2. The maximum Gasteiger partial charge on any atom is 0.416 e. The third-order valence-electron chi connectivity index (χ3n) is 7.44. The number of rotatable bonds is 7. The van der Waals surface area contributed by atoms with Gasteiger partial charge in [-0.15, -0.1) is 11.8 Å². The van der Waals surface area contributed by atoms with Gasteiger partial charge in [-0.2, -0.15) is 13.2 Å². The van der Waals surface area contributed by atoms with E-state index in [1.807, 2.05) is 6.07 Å². The van der Waals surface area contributed by atoms with E-state index < -0.39 is 29.6 Å². The Morgan fingerprint density at radius 1 is 1.08 bits per heavy atom. The summed E-state index contributed by atoms with van der Waals surface area (Å²) in [4.78, 5) is 41.2. The third-order valence-corrected chi connectivity index (χ3v) is 9.76. The topological polar surface area (TPSA) is 104 Å². The number of ketones is 1. The molecule has 1 unspecified atom stereocenters. The minimum atomic E-state index is -4.47. The fraction of sp³-hybridized carbons (Fsp3) is 0.273. The van der Waals surface area contributed by atoms with E-state index in [-0.39, 0.29) is 44.1 Å². The van der Waals surface area contributed by atoms with Crippen LogP contribution in [0.5, 0.6) is 0 Å². The van der Waals surface area contributed by atoms with Gasteiger partial charge in [0.15, 0.2) is 12.0 Å².